The lowest BCUT2D eigenvalue weighted by Gasteiger charge is -2.14. The number of anilines is 2. The van der Waals surface area contributed by atoms with Gasteiger partial charge >= 0.3 is 0 Å². The van der Waals surface area contributed by atoms with Crippen molar-refractivity contribution >= 4 is 57.1 Å². The van der Waals surface area contributed by atoms with E-state index >= 15 is 0 Å². The Kier molecular flexibility index (Phi) is 5.37. The molecule has 0 saturated heterocycles. The number of amidine groups is 1. The van der Waals surface area contributed by atoms with Crippen molar-refractivity contribution in [1.29, 1.82) is 0 Å². The number of aliphatic imine (C=N–C) groups is 1. The van der Waals surface area contributed by atoms with E-state index in [2.05, 4.69) is 27.9 Å². The van der Waals surface area contributed by atoms with Crippen LogP contribution in [0, 0.1) is 3.57 Å². The van der Waals surface area contributed by atoms with Crippen LogP contribution in [-0.4, -0.2) is 5.84 Å². The Morgan fingerprint density at radius 2 is 1.58 bits per heavy atom. The third-order valence-corrected chi connectivity index (χ3v) is 4.69. The highest BCUT2D eigenvalue weighted by Gasteiger charge is 2.10. The molecule has 3 nitrogen and oxygen atoms in total. The molecule has 0 aliphatic rings. The first-order chi connectivity index (χ1) is 11.6. The van der Waals surface area contributed by atoms with Gasteiger partial charge in [-0.2, -0.15) is 0 Å². The van der Waals surface area contributed by atoms with Gasteiger partial charge in [0.2, 0.25) is 0 Å². The fourth-order valence-corrected chi connectivity index (χ4v) is 3.03. The van der Waals surface area contributed by atoms with Crippen LogP contribution in [0.15, 0.2) is 77.8 Å². The van der Waals surface area contributed by atoms with Crippen molar-refractivity contribution in [3.05, 3.63) is 87.0 Å². The minimum atomic E-state index is 0.601. The molecule has 0 saturated carbocycles. The highest BCUT2D eigenvalue weighted by atomic mass is 127. The van der Waals surface area contributed by atoms with E-state index < -0.39 is 0 Å². The number of hydrogen-bond donors (Lipinski definition) is 2. The summed E-state index contributed by atoms with van der Waals surface area (Å²) < 4.78 is 1.09. The molecule has 0 amide bonds. The number of nitrogens with zero attached hydrogens (tertiary/aromatic N) is 1. The monoisotopic (exact) mass is 447 g/mol. The van der Waals surface area contributed by atoms with E-state index in [9.17, 15) is 0 Å². The molecule has 5 heteroatoms. The first kappa shape index (κ1) is 16.8. The second kappa shape index (κ2) is 7.68. The van der Waals surface area contributed by atoms with E-state index in [1.165, 1.54) is 0 Å². The van der Waals surface area contributed by atoms with Gasteiger partial charge in [-0.15, -0.1) is 0 Å². The van der Waals surface area contributed by atoms with E-state index in [1.807, 2.05) is 72.8 Å². The molecule has 0 spiro atoms. The number of nitrogens with two attached hydrogens (primary N) is 1. The molecule has 0 atom stereocenters. The molecule has 24 heavy (non-hydrogen) atoms. The van der Waals surface area contributed by atoms with Crippen molar-refractivity contribution < 1.29 is 0 Å². The van der Waals surface area contributed by atoms with Crippen molar-refractivity contribution in [2.24, 2.45) is 4.99 Å². The third kappa shape index (κ3) is 3.88. The number of hydrogen-bond acceptors (Lipinski definition) is 2. The lowest BCUT2D eigenvalue weighted by Crippen LogP contribution is -2.16. The van der Waals surface area contributed by atoms with Gasteiger partial charge in [-0.1, -0.05) is 54.1 Å². The fraction of sp³-hybridized carbons (Fsp3) is 0. The van der Waals surface area contributed by atoms with Gasteiger partial charge in [0.05, 0.1) is 22.1 Å². The van der Waals surface area contributed by atoms with Gasteiger partial charge < -0.3 is 11.1 Å². The zero-order chi connectivity index (χ0) is 16.9. The zero-order valence-corrected chi connectivity index (χ0v) is 15.6. The fourth-order valence-electron chi connectivity index (χ4n) is 2.21. The summed E-state index contributed by atoms with van der Waals surface area (Å²) in [4.78, 5) is 4.74. The maximum absolute atomic E-state index is 6.27. The predicted molar refractivity (Wildman–Crippen MR) is 111 cm³/mol. The lowest BCUT2D eigenvalue weighted by atomic mass is 10.2. The minimum Gasteiger partial charge on any atom is -0.397 e. The van der Waals surface area contributed by atoms with Crippen molar-refractivity contribution in [2.75, 3.05) is 11.1 Å². The Morgan fingerprint density at radius 3 is 2.33 bits per heavy atom. The van der Waals surface area contributed by atoms with Crippen molar-refractivity contribution in [1.82, 2.24) is 0 Å². The van der Waals surface area contributed by atoms with Crippen LogP contribution in [-0.2, 0) is 0 Å². The van der Waals surface area contributed by atoms with E-state index in [-0.39, 0.29) is 0 Å². The maximum atomic E-state index is 6.27. The molecule has 0 radical (unpaired) electrons. The largest absolute Gasteiger partial charge is 0.397 e. The molecule has 0 aliphatic carbocycles. The van der Waals surface area contributed by atoms with Crippen LogP contribution in [0.1, 0.15) is 5.56 Å². The average Bonchev–Trinajstić information content (AvgIpc) is 2.58. The number of benzene rings is 3. The van der Waals surface area contributed by atoms with Crippen LogP contribution in [0.4, 0.5) is 17.1 Å². The highest BCUT2D eigenvalue weighted by Crippen LogP contribution is 2.27. The minimum absolute atomic E-state index is 0.601. The molecule has 0 unspecified atom stereocenters. The summed E-state index contributed by atoms with van der Waals surface area (Å²) in [6, 6.07) is 23.1. The van der Waals surface area contributed by atoms with Gasteiger partial charge in [-0.3, -0.25) is 0 Å². The van der Waals surface area contributed by atoms with Crippen LogP contribution in [0.3, 0.4) is 0 Å². The van der Waals surface area contributed by atoms with Crippen LogP contribution in [0.25, 0.3) is 0 Å². The average molecular weight is 448 g/mol. The SMILES string of the molecule is Nc1ccccc1NC(=Nc1ccccc1Cl)c1ccccc1I. The Labute approximate surface area is 159 Å². The summed E-state index contributed by atoms with van der Waals surface area (Å²) >= 11 is 8.56. The molecule has 0 bridgehead atoms. The second-order valence-electron chi connectivity index (χ2n) is 5.10. The summed E-state index contributed by atoms with van der Waals surface area (Å²) in [5.74, 6) is 0.700. The van der Waals surface area contributed by atoms with Gasteiger partial charge in [0.15, 0.2) is 0 Å². The smallest absolute Gasteiger partial charge is 0.139 e. The third-order valence-electron chi connectivity index (χ3n) is 3.43. The van der Waals surface area contributed by atoms with Gasteiger partial charge in [-0.25, -0.2) is 4.99 Å². The zero-order valence-electron chi connectivity index (χ0n) is 12.7. The highest BCUT2D eigenvalue weighted by molar-refractivity contribution is 14.1. The normalized spacial score (nSPS) is 11.3. The van der Waals surface area contributed by atoms with Crippen molar-refractivity contribution in [3.8, 4) is 0 Å². The molecular weight excluding hydrogens is 433 g/mol. The number of halogens is 2. The van der Waals surface area contributed by atoms with E-state index in [4.69, 9.17) is 22.3 Å². The summed E-state index contributed by atoms with van der Waals surface area (Å²) in [7, 11) is 0. The summed E-state index contributed by atoms with van der Waals surface area (Å²) in [5.41, 5.74) is 9.23. The molecule has 3 N–H and O–H groups in total. The second-order valence-corrected chi connectivity index (χ2v) is 6.67. The summed E-state index contributed by atoms with van der Waals surface area (Å²) in [6.07, 6.45) is 0. The quantitative estimate of drug-likeness (QED) is 0.234. The van der Waals surface area contributed by atoms with E-state index in [0.717, 1.165) is 14.8 Å². The van der Waals surface area contributed by atoms with Crippen molar-refractivity contribution in [2.45, 2.75) is 0 Å². The molecule has 3 aromatic rings. The Hall–Kier alpha value is -2.05. The molecule has 3 rings (SSSR count). The molecule has 3 aromatic carbocycles. The van der Waals surface area contributed by atoms with E-state index in [1.54, 1.807) is 0 Å². The van der Waals surface area contributed by atoms with Gasteiger partial charge in [0.25, 0.3) is 0 Å². The predicted octanol–water partition coefficient (Wildman–Crippen LogP) is 5.72. The Morgan fingerprint density at radius 1 is 0.917 bits per heavy atom. The molecular formula is C19H15ClIN3. The molecule has 0 heterocycles. The van der Waals surface area contributed by atoms with Gasteiger partial charge in [-0.05, 0) is 52.9 Å². The standard InChI is InChI=1S/C19H15ClIN3/c20-14-8-2-5-11-17(14)23-19(13-7-1-3-9-15(13)21)24-18-12-6-4-10-16(18)22/h1-12H,22H2,(H,23,24). The lowest BCUT2D eigenvalue weighted by molar-refractivity contribution is 1.45. The summed E-state index contributed by atoms with van der Waals surface area (Å²) in [6.45, 7) is 0. The molecule has 0 aliphatic heterocycles. The molecule has 120 valence electrons. The number of para-hydroxylation sites is 3. The number of rotatable bonds is 3. The van der Waals surface area contributed by atoms with Crippen molar-refractivity contribution in [3.63, 3.8) is 0 Å². The van der Waals surface area contributed by atoms with Crippen LogP contribution in [0.5, 0.6) is 0 Å². The van der Waals surface area contributed by atoms with Gasteiger partial charge in [0, 0.05) is 9.13 Å². The number of nitrogens with one attached hydrogen (secondary N) is 1. The molecule has 0 aromatic heterocycles. The van der Waals surface area contributed by atoms with Gasteiger partial charge in [0.1, 0.15) is 5.84 Å². The van der Waals surface area contributed by atoms with Crippen LogP contribution >= 0.6 is 34.2 Å². The first-order valence-electron chi connectivity index (χ1n) is 7.35. The Balaban J connectivity index is 2.10. The van der Waals surface area contributed by atoms with Crippen LogP contribution < -0.4 is 11.1 Å². The first-order valence-corrected chi connectivity index (χ1v) is 8.80. The Bertz CT molecular complexity index is 893. The number of nitrogen functional groups attached to an aromatic ring is 1. The van der Waals surface area contributed by atoms with Crippen LogP contribution in [0.2, 0.25) is 5.02 Å². The molecule has 0 fully saturated rings. The topological polar surface area (TPSA) is 50.4 Å². The summed E-state index contributed by atoms with van der Waals surface area (Å²) in [5, 5.41) is 3.94. The van der Waals surface area contributed by atoms with E-state index in [0.29, 0.717) is 22.2 Å². The maximum Gasteiger partial charge on any atom is 0.139 e.